The third-order valence-electron chi connectivity index (χ3n) is 4.99. The molecule has 0 atom stereocenters. The average Bonchev–Trinajstić information content (AvgIpc) is 2.86. The zero-order valence-electron chi connectivity index (χ0n) is 19.2. The summed E-state index contributed by atoms with van der Waals surface area (Å²) in [6.07, 6.45) is 0. The van der Waals surface area contributed by atoms with Crippen molar-refractivity contribution in [2.75, 3.05) is 13.2 Å². The molecule has 0 unspecified atom stereocenters. The lowest BCUT2D eigenvalue weighted by Crippen LogP contribution is -2.28. The highest BCUT2D eigenvalue weighted by Gasteiger charge is 2.19. The van der Waals surface area contributed by atoms with Crippen molar-refractivity contribution in [2.24, 2.45) is 0 Å². The van der Waals surface area contributed by atoms with E-state index in [1.165, 1.54) is 36.4 Å². The van der Waals surface area contributed by atoms with Crippen molar-refractivity contribution >= 4 is 11.9 Å². The quantitative estimate of drug-likeness (QED) is 0.228. The van der Waals surface area contributed by atoms with Crippen LogP contribution in [0.2, 0.25) is 0 Å². The van der Waals surface area contributed by atoms with Crippen LogP contribution >= 0.6 is 0 Å². The Hall–Kier alpha value is -5.59. The summed E-state index contributed by atoms with van der Waals surface area (Å²) in [4.78, 5) is 34.2. The molecule has 1 heterocycles. The first-order valence-corrected chi connectivity index (χ1v) is 10.7. The molecule has 1 aromatic heterocycles. The number of aromatic nitrogens is 3. The number of rotatable bonds is 9. The van der Waals surface area contributed by atoms with Crippen LogP contribution in [0, 0.1) is 0 Å². The van der Waals surface area contributed by atoms with E-state index >= 15 is 0 Å². The van der Waals surface area contributed by atoms with Crippen LogP contribution in [0.4, 0.5) is 0 Å². The molecule has 0 saturated heterocycles. The van der Waals surface area contributed by atoms with Crippen molar-refractivity contribution in [1.29, 1.82) is 0 Å². The highest BCUT2D eigenvalue weighted by Crippen LogP contribution is 2.37. The minimum atomic E-state index is -1.45. The number of carboxylic acid groups (broad SMARTS) is 2. The van der Waals surface area contributed by atoms with Crippen LogP contribution in [-0.2, 0) is 9.59 Å². The molecule has 0 aliphatic rings. The second kappa shape index (κ2) is 10.6. The van der Waals surface area contributed by atoms with Crippen LogP contribution in [0.25, 0.3) is 34.2 Å². The molecule has 0 spiro atoms. The normalized spacial score (nSPS) is 10.6. The van der Waals surface area contributed by atoms with E-state index in [0.29, 0.717) is 0 Å². The SMILES string of the molecule is O=C([O-])COc1ccc(-c2nc(-c3ccc(O)cc3O)nc(-c3ccc(OCC(=O)[O-])cc3O)n2)c(O)c1. The summed E-state index contributed by atoms with van der Waals surface area (Å²) in [6, 6.07) is 11.4. The van der Waals surface area contributed by atoms with Crippen molar-refractivity contribution in [3.8, 4) is 68.7 Å². The first-order valence-electron chi connectivity index (χ1n) is 10.7. The van der Waals surface area contributed by atoms with Crippen molar-refractivity contribution in [3.63, 3.8) is 0 Å². The van der Waals surface area contributed by atoms with E-state index < -0.39 is 25.2 Å². The molecule has 0 fully saturated rings. The summed E-state index contributed by atoms with van der Waals surface area (Å²) in [5, 5.41) is 62.4. The van der Waals surface area contributed by atoms with Gasteiger partial charge in [0.25, 0.3) is 0 Å². The topological polar surface area (TPSA) is 218 Å². The van der Waals surface area contributed by atoms with E-state index in [0.717, 1.165) is 18.2 Å². The van der Waals surface area contributed by atoms with Gasteiger partial charge in [0.15, 0.2) is 17.5 Å². The van der Waals surface area contributed by atoms with E-state index in [9.17, 15) is 40.2 Å². The molecule has 4 N–H and O–H groups in total. The fourth-order valence-corrected chi connectivity index (χ4v) is 3.31. The predicted octanol–water partition coefficient (Wildman–Crippen LogP) is -0.0476. The average molecular weight is 519 g/mol. The van der Waals surface area contributed by atoms with Crippen molar-refractivity contribution in [2.45, 2.75) is 0 Å². The number of phenols is 4. The maximum atomic E-state index is 10.6. The Bertz CT molecular complexity index is 1450. The zero-order valence-corrected chi connectivity index (χ0v) is 19.2. The lowest BCUT2D eigenvalue weighted by molar-refractivity contribution is -0.308. The van der Waals surface area contributed by atoms with Gasteiger partial charge in [-0.1, -0.05) is 0 Å². The molecule has 194 valence electrons. The number of aliphatic carboxylic acids is 2. The highest BCUT2D eigenvalue weighted by atomic mass is 16.5. The molecule has 4 rings (SSSR count). The summed E-state index contributed by atoms with van der Waals surface area (Å²) in [5.74, 6) is -4.46. The lowest BCUT2D eigenvalue weighted by Gasteiger charge is -2.13. The number of nitrogens with zero attached hydrogens (tertiary/aromatic N) is 3. The predicted molar refractivity (Wildman–Crippen MR) is 124 cm³/mol. The van der Waals surface area contributed by atoms with Gasteiger partial charge < -0.3 is 49.7 Å². The summed E-state index contributed by atoms with van der Waals surface area (Å²) >= 11 is 0. The number of benzene rings is 3. The van der Waals surface area contributed by atoms with E-state index in [1.807, 2.05) is 0 Å². The number of ether oxygens (including phenoxy) is 2. The minimum absolute atomic E-state index is 0.0333. The van der Waals surface area contributed by atoms with Crippen LogP contribution < -0.4 is 19.7 Å². The van der Waals surface area contributed by atoms with Crippen LogP contribution in [0.3, 0.4) is 0 Å². The van der Waals surface area contributed by atoms with Gasteiger partial charge in [0.05, 0.1) is 28.6 Å². The number of carboxylic acids is 2. The van der Waals surface area contributed by atoms with Gasteiger partial charge in [-0.15, -0.1) is 0 Å². The molecular formula is C25H17N3O10-2. The second-order valence-electron chi connectivity index (χ2n) is 7.69. The van der Waals surface area contributed by atoms with Gasteiger partial charge in [-0.25, -0.2) is 15.0 Å². The van der Waals surface area contributed by atoms with Gasteiger partial charge in [0, 0.05) is 18.2 Å². The van der Waals surface area contributed by atoms with E-state index in [-0.39, 0.29) is 68.7 Å². The third-order valence-corrected chi connectivity index (χ3v) is 4.99. The molecule has 38 heavy (non-hydrogen) atoms. The molecule has 0 bridgehead atoms. The fourth-order valence-electron chi connectivity index (χ4n) is 3.31. The summed E-state index contributed by atoms with van der Waals surface area (Å²) < 4.78 is 9.99. The maximum Gasteiger partial charge on any atom is 0.167 e. The second-order valence-corrected chi connectivity index (χ2v) is 7.69. The van der Waals surface area contributed by atoms with E-state index in [1.54, 1.807) is 0 Å². The highest BCUT2D eigenvalue weighted by molar-refractivity contribution is 5.75. The molecule has 0 amide bonds. The molecule has 13 heteroatoms. The molecule has 0 saturated carbocycles. The Morgan fingerprint density at radius 2 is 0.974 bits per heavy atom. The molecule has 13 nitrogen and oxygen atoms in total. The smallest absolute Gasteiger partial charge is 0.167 e. The van der Waals surface area contributed by atoms with Gasteiger partial charge in [-0.2, -0.15) is 0 Å². The number of hydrogen-bond donors (Lipinski definition) is 4. The summed E-state index contributed by atoms with van der Waals surface area (Å²) in [6.45, 7) is -1.47. The lowest BCUT2D eigenvalue weighted by atomic mass is 10.1. The van der Waals surface area contributed by atoms with Crippen molar-refractivity contribution in [3.05, 3.63) is 54.6 Å². The largest absolute Gasteiger partial charge is 0.546 e. The molecule has 0 radical (unpaired) electrons. The Morgan fingerprint density at radius 1 is 0.605 bits per heavy atom. The third kappa shape index (κ3) is 5.79. The van der Waals surface area contributed by atoms with Gasteiger partial charge in [-0.05, 0) is 36.4 Å². The number of carbonyl (C=O) groups excluding carboxylic acids is 2. The molecular weight excluding hydrogens is 502 g/mol. The molecule has 3 aromatic carbocycles. The van der Waals surface area contributed by atoms with Gasteiger partial charge in [0.2, 0.25) is 0 Å². The van der Waals surface area contributed by atoms with Crippen LogP contribution in [0.1, 0.15) is 0 Å². The van der Waals surface area contributed by atoms with Gasteiger partial charge in [0.1, 0.15) is 47.7 Å². The Balaban J connectivity index is 1.82. The van der Waals surface area contributed by atoms with Crippen LogP contribution in [-0.4, -0.2) is 60.5 Å². The first kappa shape index (κ1) is 25.5. The molecule has 0 aliphatic carbocycles. The Morgan fingerprint density at radius 3 is 1.32 bits per heavy atom. The van der Waals surface area contributed by atoms with Crippen molar-refractivity contribution in [1.82, 2.24) is 15.0 Å². The zero-order chi connectivity index (χ0) is 27.4. The van der Waals surface area contributed by atoms with Gasteiger partial charge in [-0.3, -0.25) is 0 Å². The number of phenolic OH excluding ortho intramolecular Hbond substituents is 4. The summed E-state index contributed by atoms with van der Waals surface area (Å²) in [7, 11) is 0. The monoisotopic (exact) mass is 519 g/mol. The van der Waals surface area contributed by atoms with E-state index in [4.69, 9.17) is 9.47 Å². The van der Waals surface area contributed by atoms with Gasteiger partial charge >= 0.3 is 0 Å². The maximum absolute atomic E-state index is 10.6. The fraction of sp³-hybridized carbons (Fsp3) is 0.0800. The Labute approximate surface area is 213 Å². The number of carbonyl (C=O) groups is 2. The standard InChI is InChI=1S/C25H19N3O10/c29-12-1-4-15(18(30)7-12)23-26-24(16-5-2-13(8-19(16)31)37-10-21(33)34)28-25(27-23)17-6-3-14(9-20(17)32)38-11-22(35)36/h1-9,29-32H,10-11H2,(H,33,34)(H,35,36)/p-2. The van der Waals surface area contributed by atoms with Crippen molar-refractivity contribution < 1.29 is 49.7 Å². The number of aromatic hydroxyl groups is 4. The molecule has 4 aromatic rings. The summed E-state index contributed by atoms with van der Waals surface area (Å²) in [5.41, 5.74) is 0.235. The van der Waals surface area contributed by atoms with E-state index in [2.05, 4.69) is 15.0 Å². The number of hydrogen-bond acceptors (Lipinski definition) is 13. The van der Waals surface area contributed by atoms with Crippen LogP contribution in [0.5, 0.6) is 34.5 Å². The molecule has 0 aliphatic heterocycles. The van der Waals surface area contributed by atoms with Crippen LogP contribution in [0.15, 0.2) is 54.6 Å². The minimum Gasteiger partial charge on any atom is -0.546 e. The Kier molecular flexibility index (Phi) is 7.10. The first-order chi connectivity index (χ1) is 18.1.